The Balaban J connectivity index is 1.62. The summed E-state index contributed by atoms with van der Waals surface area (Å²) in [7, 11) is 0. The van der Waals surface area contributed by atoms with Crippen molar-refractivity contribution < 1.29 is 14.7 Å². The first-order chi connectivity index (χ1) is 14.0. The quantitative estimate of drug-likeness (QED) is 0.498. The number of thioether (sulfide) groups is 1. The molecule has 0 unspecified atom stereocenters. The van der Waals surface area contributed by atoms with E-state index in [1.807, 2.05) is 48.5 Å². The first-order valence-electron chi connectivity index (χ1n) is 8.77. The molecule has 1 aliphatic rings. The molecule has 0 spiro atoms. The molecule has 1 aromatic heterocycles. The number of carbonyl (C=O) groups excluding carboxylic acids is 1. The van der Waals surface area contributed by atoms with Crippen molar-refractivity contribution in [2.75, 3.05) is 0 Å². The Kier molecular flexibility index (Phi) is 5.37. The predicted molar refractivity (Wildman–Crippen MR) is 116 cm³/mol. The molecule has 8 heteroatoms. The Bertz CT molecular complexity index is 1150. The van der Waals surface area contributed by atoms with Crippen molar-refractivity contribution in [2.45, 2.75) is 12.5 Å². The molecule has 1 aliphatic heterocycles. The van der Waals surface area contributed by atoms with Crippen molar-refractivity contribution in [3.8, 4) is 0 Å². The van der Waals surface area contributed by atoms with E-state index in [2.05, 4.69) is 9.97 Å². The molecule has 29 heavy (non-hydrogen) atoms. The van der Waals surface area contributed by atoms with Gasteiger partial charge in [0.15, 0.2) is 0 Å². The van der Waals surface area contributed by atoms with Crippen LogP contribution in [-0.4, -0.2) is 42.2 Å². The second kappa shape index (κ2) is 8.10. The highest BCUT2D eigenvalue weighted by Crippen LogP contribution is 2.35. The smallest absolute Gasteiger partial charge is 0.327 e. The summed E-state index contributed by atoms with van der Waals surface area (Å²) in [5.74, 6) is -1.49. The third kappa shape index (κ3) is 4.03. The summed E-state index contributed by atoms with van der Waals surface area (Å²) in [4.78, 5) is 34.9. The Labute approximate surface area is 176 Å². The minimum absolute atomic E-state index is 0.182. The second-order valence-corrected chi connectivity index (χ2v) is 8.08. The summed E-state index contributed by atoms with van der Waals surface area (Å²) in [6.45, 7) is 0. The number of carboxylic acid groups (broad SMARTS) is 1. The molecule has 0 radical (unpaired) electrons. The predicted octanol–water partition coefficient (Wildman–Crippen LogP) is 3.53. The lowest BCUT2D eigenvalue weighted by molar-refractivity contribution is -0.145. The van der Waals surface area contributed by atoms with Crippen LogP contribution in [0.2, 0.25) is 0 Å². The molecule has 1 N–H and O–H groups in total. The average molecular weight is 422 g/mol. The fourth-order valence-electron chi connectivity index (χ4n) is 3.10. The fourth-order valence-corrected chi connectivity index (χ4v) is 4.45. The van der Waals surface area contributed by atoms with Gasteiger partial charge >= 0.3 is 5.97 Å². The van der Waals surface area contributed by atoms with E-state index < -0.39 is 17.9 Å². The number of hydrogen-bond donors (Lipinski definition) is 1. The summed E-state index contributed by atoms with van der Waals surface area (Å²) >= 11 is 6.45. The molecule has 3 aromatic rings. The van der Waals surface area contributed by atoms with Crippen molar-refractivity contribution in [3.05, 3.63) is 77.0 Å². The largest absolute Gasteiger partial charge is 0.480 e. The van der Waals surface area contributed by atoms with Crippen molar-refractivity contribution in [3.63, 3.8) is 0 Å². The Morgan fingerprint density at radius 1 is 1.14 bits per heavy atom. The third-order valence-electron chi connectivity index (χ3n) is 4.48. The van der Waals surface area contributed by atoms with Crippen LogP contribution in [0.5, 0.6) is 0 Å². The Morgan fingerprint density at radius 3 is 2.59 bits per heavy atom. The number of carbonyl (C=O) groups is 2. The second-order valence-electron chi connectivity index (χ2n) is 6.40. The molecule has 144 valence electrons. The molecule has 0 saturated carbocycles. The van der Waals surface area contributed by atoms with Gasteiger partial charge in [0.1, 0.15) is 10.4 Å². The van der Waals surface area contributed by atoms with E-state index in [1.165, 1.54) is 4.90 Å². The average Bonchev–Trinajstić information content (AvgIpc) is 2.99. The standard InChI is InChI=1S/C21H15N3O3S2/c25-19-18(12-14-6-7-15-16(10-14)23-9-8-22-15)29-21(28)24(19)17(20(26)27)11-13-4-2-1-3-5-13/h1-10,12,17H,11H2,(H,26,27)/b18-12-/t17-/m1/s1. The molecule has 4 rings (SSSR count). The van der Waals surface area contributed by atoms with Crippen LogP contribution in [0, 0.1) is 0 Å². The third-order valence-corrected chi connectivity index (χ3v) is 5.81. The molecule has 1 amide bonds. The number of hydrogen-bond acceptors (Lipinski definition) is 6. The summed E-state index contributed by atoms with van der Waals surface area (Å²) < 4.78 is 0.241. The topological polar surface area (TPSA) is 83.4 Å². The highest BCUT2D eigenvalue weighted by Gasteiger charge is 2.40. The van der Waals surface area contributed by atoms with E-state index in [9.17, 15) is 14.7 Å². The van der Waals surface area contributed by atoms with Gasteiger partial charge in [0.05, 0.1) is 15.9 Å². The van der Waals surface area contributed by atoms with E-state index in [0.29, 0.717) is 10.4 Å². The number of carboxylic acids is 1. The van der Waals surface area contributed by atoms with Crippen LogP contribution in [0.4, 0.5) is 0 Å². The van der Waals surface area contributed by atoms with E-state index >= 15 is 0 Å². The molecular formula is C21H15N3O3S2. The highest BCUT2D eigenvalue weighted by molar-refractivity contribution is 8.26. The van der Waals surface area contributed by atoms with E-state index in [-0.39, 0.29) is 10.7 Å². The summed E-state index contributed by atoms with van der Waals surface area (Å²) in [5.41, 5.74) is 3.06. The zero-order chi connectivity index (χ0) is 20.4. The molecule has 1 atom stereocenters. The molecule has 6 nitrogen and oxygen atoms in total. The SMILES string of the molecule is O=C(O)[C@@H](Cc1ccccc1)N1C(=O)/C(=C/c2ccc3nccnc3c2)SC1=S. The lowest BCUT2D eigenvalue weighted by Gasteiger charge is -2.23. The van der Waals surface area contributed by atoms with E-state index in [1.54, 1.807) is 18.5 Å². The number of thiocarbonyl (C=S) groups is 1. The van der Waals surface area contributed by atoms with Gasteiger partial charge in [0, 0.05) is 18.8 Å². The number of rotatable bonds is 5. The van der Waals surface area contributed by atoms with Gasteiger partial charge < -0.3 is 5.11 Å². The molecular weight excluding hydrogens is 406 g/mol. The first-order valence-corrected chi connectivity index (χ1v) is 10.00. The van der Waals surface area contributed by atoms with Crippen molar-refractivity contribution in [2.24, 2.45) is 0 Å². The summed E-state index contributed by atoms with van der Waals surface area (Å²) in [5, 5.41) is 9.73. The number of amides is 1. The number of benzene rings is 2. The van der Waals surface area contributed by atoms with Crippen LogP contribution in [0.25, 0.3) is 17.1 Å². The monoisotopic (exact) mass is 421 g/mol. The van der Waals surface area contributed by atoms with Gasteiger partial charge in [-0.3, -0.25) is 19.7 Å². The number of nitrogens with zero attached hydrogens (tertiary/aromatic N) is 3. The van der Waals surface area contributed by atoms with Crippen LogP contribution in [0.1, 0.15) is 11.1 Å². The maximum Gasteiger partial charge on any atom is 0.327 e. The van der Waals surface area contributed by atoms with Gasteiger partial charge in [-0.25, -0.2) is 4.79 Å². The zero-order valence-corrected chi connectivity index (χ0v) is 16.7. The Morgan fingerprint density at radius 2 is 1.86 bits per heavy atom. The van der Waals surface area contributed by atoms with Gasteiger partial charge in [0.2, 0.25) is 0 Å². The minimum Gasteiger partial charge on any atom is -0.480 e. The molecule has 1 saturated heterocycles. The lowest BCUT2D eigenvalue weighted by atomic mass is 10.0. The van der Waals surface area contributed by atoms with Gasteiger partial charge in [0.25, 0.3) is 5.91 Å². The van der Waals surface area contributed by atoms with Gasteiger partial charge in [-0.1, -0.05) is 60.4 Å². The van der Waals surface area contributed by atoms with E-state index in [0.717, 1.165) is 28.4 Å². The molecule has 2 aromatic carbocycles. The van der Waals surface area contributed by atoms with Crippen LogP contribution in [0.15, 0.2) is 65.8 Å². The lowest BCUT2D eigenvalue weighted by Crippen LogP contribution is -2.45. The summed E-state index contributed by atoms with van der Waals surface area (Å²) in [6.07, 6.45) is 5.11. The minimum atomic E-state index is -1.09. The van der Waals surface area contributed by atoms with Crippen molar-refractivity contribution >= 4 is 57.3 Å². The Hall–Kier alpha value is -3.10. The maximum atomic E-state index is 13.0. The first kappa shape index (κ1) is 19.2. The van der Waals surface area contributed by atoms with Crippen molar-refractivity contribution in [1.82, 2.24) is 14.9 Å². The maximum absolute atomic E-state index is 13.0. The number of aromatic nitrogens is 2. The molecule has 0 bridgehead atoms. The number of fused-ring (bicyclic) bond motifs is 1. The molecule has 0 aliphatic carbocycles. The van der Waals surface area contributed by atoms with Gasteiger partial charge in [-0.05, 0) is 29.3 Å². The summed E-state index contributed by atoms with van der Waals surface area (Å²) in [6, 6.07) is 13.6. The van der Waals surface area contributed by atoms with Gasteiger partial charge in [-0.15, -0.1) is 0 Å². The van der Waals surface area contributed by atoms with Crippen LogP contribution in [0.3, 0.4) is 0 Å². The fraction of sp³-hybridized carbons (Fsp3) is 0.0952. The van der Waals surface area contributed by atoms with Crippen LogP contribution in [-0.2, 0) is 16.0 Å². The van der Waals surface area contributed by atoms with Gasteiger partial charge in [-0.2, -0.15) is 0 Å². The molecule has 2 heterocycles. The van der Waals surface area contributed by atoms with Crippen LogP contribution >= 0.6 is 24.0 Å². The zero-order valence-electron chi connectivity index (χ0n) is 15.1. The van der Waals surface area contributed by atoms with E-state index in [4.69, 9.17) is 12.2 Å². The number of aliphatic carboxylic acids is 1. The van der Waals surface area contributed by atoms with Crippen molar-refractivity contribution in [1.29, 1.82) is 0 Å². The van der Waals surface area contributed by atoms with Crippen LogP contribution < -0.4 is 0 Å². The normalized spacial score (nSPS) is 16.6. The molecule has 1 fully saturated rings. The highest BCUT2D eigenvalue weighted by atomic mass is 32.2.